The minimum Gasteiger partial charge on any atom is -0.507 e. The first-order valence-corrected chi connectivity index (χ1v) is 10.6. The summed E-state index contributed by atoms with van der Waals surface area (Å²) in [5, 5.41) is 20.6. The highest BCUT2D eigenvalue weighted by Gasteiger charge is 2.23. The molecule has 1 saturated carbocycles. The molecule has 0 bridgehead atoms. The van der Waals surface area contributed by atoms with Gasteiger partial charge in [0.2, 0.25) is 0 Å². The van der Waals surface area contributed by atoms with E-state index < -0.39 is 17.4 Å². The molecule has 1 aliphatic carbocycles. The van der Waals surface area contributed by atoms with Gasteiger partial charge in [0.05, 0.1) is 12.1 Å². The van der Waals surface area contributed by atoms with E-state index in [0.29, 0.717) is 11.6 Å². The molecule has 0 spiro atoms. The highest BCUT2D eigenvalue weighted by Crippen LogP contribution is 2.32. The van der Waals surface area contributed by atoms with Crippen LogP contribution >= 0.6 is 0 Å². The number of hydrogen-bond donors (Lipinski definition) is 2. The Bertz CT molecular complexity index is 1150. The number of para-hydroxylation sites is 1. The van der Waals surface area contributed by atoms with Crippen LogP contribution in [0.2, 0.25) is 0 Å². The van der Waals surface area contributed by atoms with E-state index in [9.17, 15) is 19.0 Å². The Morgan fingerprint density at radius 1 is 0.750 bits per heavy atom. The van der Waals surface area contributed by atoms with Crippen molar-refractivity contribution in [2.45, 2.75) is 37.8 Å². The summed E-state index contributed by atoms with van der Waals surface area (Å²) in [6, 6.07) is 16.6. The van der Waals surface area contributed by atoms with Crippen molar-refractivity contribution in [2.75, 3.05) is 0 Å². The lowest BCUT2D eigenvalue weighted by atomic mass is 9.91. The van der Waals surface area contributed by atoms with E-state index in [1.54, 1.807) is 12.3 Å². The first-order chi connectivity index (χ1) is 15.5. The maximum Gasteiger partial charge on any atom is 0.168 e. The number of hydrogen-bond acceptors (Lipinski definition) is 4. The zero-order valence-electron chi connectivity index (χ0n) is 17.5. The number of rotatable bonds is 5. The quantitative estimate of drug-likeness (QED) is 0.492. The third kappa shape index (κ3) is 4.85. The highest BCUT2D eigenvalue weighted by atomic mass is 19.1. The van der Waals surface area contributed by atoms with Crippen molar-refractivity contribution in [2.24, 2.45) is 9.98 Å². The van der Waals surface area contributed by atoms with Gasteiger partial charge in [0, 0.05) is 35.2 Å². The van der Waals surface area contributed by atoms with E-state index in [-0.39, 0.29) is 23.4 Å². The Hall–Kier alpha value is -3.54. The molecule has 2 atom stereocenters. The highest BCUT2D eigenvalue weighted by molar-refractivity contribution is 5.88. The molecular formula is C26H24F2N2O2. The van der Waals surface area contributed by atoms with Crippen LogP contribution in [-0.4, -0.2) is 34.7 Å². The van der Waals surface area contributed by atoms with Crippen LogP contribution in [0.4, 0.5) is 8.78 Å². The Kier molecular flexibility index (Phi) is 6.59. The minimum absolute atomic E-state index is 0.00371. The van der Waals surface area contributed by atoms with Gasteiger partial charge in [-0.05, 0) is 30.5 Å². The Morgan fingerprint density at radius 3 is 2.09 bits per heavy atom. The van der Waals surface area contributed by atoms with Crippen molar-refractivity contribution >= 4 is 12.4 Å². The van der Waals surface area contributed by atoms with Crippen LogP contribution in [0.3, 0.4) is 0 Å². The maximum atomic E-state index is 13.6. The molecule has 32 heavy (non-hydrogen) atoms. The molecule has 3 aromatic carbocycles. The molecule has 0 radical (unpaired) electrons. The molecule has 6 heteroatoms. The fourth-order valence-electron chi connectivity index (χ4n) is 3.99. The topological polar surface area (TPSA) is 65.2 Å². The molecule has 1 aliphatic rings. The zero-order chi connectivity index (χ0) is 22.5. The van der Waals surface area contributed by atoms with E-state index in [1.807, 2.05) is 42.5 Å². The summed E-state index contributed by atoms with van der Waals surface area (Å²) in [5.41, 5.74) is 2.27. The number of nitrogens with zero attached hydrogens (tertiary/aromatic N) is 2. The molecule has 0 amide bonds. The van der Waals surface area contributed by atoms with Crippen molar-refractivity contribution in [3.05, 3.63) is 83.4 Å². The van der Waals surface area contributed by atoms with Gasteiger partial charge in [-0.1, -0.05) is 55.3 Å². The number of aliphatic imine (C=N–C) groups is 2. The molecule has 2 N–H and O–H groups in total. The lowest BCUT2D eigenvalue weighted by molar-refractivity contribution is 0.389. The second kappa shape index (κ2) is 9.73. The number of benzene rings is 3. The van der Waals surface area contributed by atoms with Gasteiger partial charge in [-0.2, -0.15) is 0 Å². The summed E-state index contributed by atoms with van der Waals surface area (Å²) >= 11 is 0. The van der Waals surface area contributed by atoms with Crippen LogP contribution in [-0.2, 0) is 0 Å². The summed E-state index contributed by atoms with van der Waals surface area (Å²) in [4.78, 5) is 9.17. The largest absolute Gasteiger partial charge is 0.507 e. The van der Waals surface area contributed by atoms with Gasteiger partial charge >= 0.3 is 0 Å². The smallest absolute Gasteiger partial charge is 0.168 e. The summed E-state index contributed by atoms with van der Waals surface area (Å²) in [5.74, 6) is -2.24. The second-order valence-corrected chi connectivity index (χ2v) is 7.91. The minimum atomic E-state index is -1.02. The van der Waals surface area contributed by atoms with Crippen LogP contribution in [0.15, 0.2) is 70.6 Å². The lowest BCUT2D eigenvalue weighted by Gasteiger charge is -2.25. The standard InChI is InChI=1S/C26H24F2N2O2/c27-20-13-19(26(32)22(28)14-20)16-30-24-12-5-4-11-23(24)29-15-18-9-6-10-21(25(18)31)17-7-2-1-3-8-17/h1-3,6-10,13-16,23-24,31-32H,4-5,11-12H2/t23-,24-/m1/s1. The molecule has 0 aromatic heterocycles. The zero-order valence-corrected chi connectivity index (χ0v) is 17.5. The van der Waals surface area contributed by atoms with Gasteiger partial charge in [0.1, 0.15) is 11.6 Å². The average Bonchev–Trinajstić information content (AvgIpc) is 2.81. The van der Waals surface area contributed by atoms with E-state index in [2.05, 4.69) is 4.99 Å². The number of halogens is 2. The maximum absolute atomic E-state index is 13.6. The molecular weight excluding hydrogens is 410 g/mol. The third-order valence-electron chi connectivity index (χ3n) is 5.71. The lowest BCUT2D eigenvalue weighted by Crippen LogP contribution is -2.27. The van der Waals surface area contributed by atoms with Crippen LogP contribution in [0.1, 0.15) is 36.8 Å². The van der Waals surface area contributed by atoms with Crippen molar-refractivity contribution in [1.82, 2.24) is 0 Å². The summed E-state index contributed by atoms with van der Waals surface area (Å²) in [7, 11) is 0. The van der Waals surface area contributed by atoms with E-state index in [1.165, 1.54) is 6.21 Å². The Labute approximate surface area is 185 Å². The fourth-order valence-corrected chi connectivity index (χ4v) is 3.99. The van der Waals surface area contributed by atoms with Crippen LogP contribution < -0.4 is 0 Å². The van der Waals surface area contributed by atoms with Crippen LogP contribution in [0.25, 0.3) is 11.1 Å². The summed E-state index contributed by atoms with van der Waals surface area (Å²) < 4.78 is 27.1. The van der Waals surface area contributed by atoms with Crippen molar-refractivity contribution in [1.29, 1.82) is 0 Å². The Balaban J connectivity index is 1.56. The predicted octanol–water partition coefficient (Wildman–Crippen LogP) is 5.89. The van der Waals surface area contributed by atoms with Crippen molar-refractivity contribution < 1.29 is 19.0 Å². The van der Waals surface area contributed by atoms with Gasteiger partial charge in [-0.3, -0.25) is 9.98 Å². The summed E-state index contributed by atoms with van der Waals surface area (Å²) in [6.07, 6.45) is 6.57. The first-order valence-electron chi connectivity index (χ1n) is 10.6. The molecule has 164 valence electrons. The molecule has 4 rings (SSSR count). The van der Waals surface area contributed by atoms with Crippen LogP contribution in [0, 0.1) is 11.6 Å². The monoisotopic (exact) mass is 434 g/mol. The fraction of sp³-hybridized carbons (Fsp3) is 0.231. The molecule has 3 aromatic rings. The molecule has 0 aliphatic heterocycles. The average molecular weight is 434 g/mol. The van der Waals surface area contributed by atoms with Gasteiger partial charge in [0.15, 0.2) is 11.6 Å². The second-order valence-electron chi connectivity index (χ2n) is 7.91. The van der Waals surface area contributed by atoms with Gasteiger partial charge in [0.25, 0.3) is 0 Å². The van der Waals surface area contributed by atoms with Gasteiger partial charge in [-0.25, -0.2) is 8.78 Å². The van der Waals surface area contributed by atoms with Gasteiger partial charge in [-0.15, -0.1) is 0 Å². The van der Waals surface area contributed by atoms with E-state index >= 15 is 0 Å². The van der Waals surface area contributed by atoms with E-state index in [0.717, 1.165) is 42.9 Å². The van der Waals surface area contributed by atoms with Gasteiger partial charge < -0.3 is 10.2 Å². The van der Waals surface area contributed by atoms with E-state index in [4.69, 9.17) is 4.99 Å². The Morgan fingerprint density at radius 2 is 1.41 bits per heavy atom. The molecule has 0 heterocycles. The molecule has 4 nitrogen and oxygen atoms in total. The summed E-state index contributed by atoms with van der Waals surface area (Å²) in [6.45, 7) is 0. The number of phenols is 2. The molecule has 0 saturated heterocycles. The molecule has 0 unspecified atom stereocenters. The SMILES string of the molecule is Oc1c(F)cc(F)cc1C=N[C@@H]1CCCC[C@H]1N=Cc1cccc(-c2ccccc2)c1O. The van der Waals surface area contributed by atoms with Crippen molar-refractivity contribution in [3.8, 4) is 22.6 Å². The number of phenolic OH excluding ortho intramolecular Hbond substituents is 2. The van der Waals surface area contributed by atoms with Crippen molar-refractivity contribution in [3.63, 3.8) is 0 Å². The predicted molar refractivity (Wildman–Crippen MR) is 123 cm³/mol. The number of aromatic hydroxyl groups is 2. The third-order valence-corrected chi connectivity index (χ3v) is 5.71. The first kappa shape index (κ1) is 21.7. The normalized spacial score (nSPS) is 19.1. The molecule has 1 fully saturated rings. The van der Waals surface area contributed by atoms with Crippen LogP contribution in [0.5, 0.6) is 11.5 Å².